The molecule has 0 saturated heterocycles. The molecule has 22 heavy (non-hydrogen) atoms. The number of carbonyl (C=O) groups is 1. The van der Waals surface area contributed by atoms with Crippen molar-refractivity contribution >= 4 is 39.7 Å². The molecule has 0 aromatic heterocycles. The Balaban J connectivity index is 2.14. The van der Waals surface area contributed by atoms with Crippen LogP contribution >= 0.6 is 27.5 Å². The molecule has 3 N–H and O–H groups in total. The molecule has 2 rings (SSSR count). The van der Waals surface area contributed by atoms with Crippen molar-refractivity contribution in [3.63, 3.8) is 0 Å². The van der Waals surface area contributed by atoms with Crippen molar-refractivity contribution in [1.82, 2.24) is 5.43 Å². The Morgan fingerprint density at radius 3 is 2.73 bits per heavy atom. The summed E-state index contributed by atoms with van der Waals surface area (Å²) >= 11 is 9.03. The molecule has 0 aliphatic carbocycles. The van der Waals surface area contributed by atoms with Gasteiger partial charge in [-0.05, 0) is 52.7 Å². The maximum atomic E-state index is 11.9. The summed E-state index contributed by atoms with van der Waals surface area (Å²) in [5, 5.41) is 23.7. The van der Waals surface area contributed by atoms with Gasteiger partial charge in [0.15, 0.2) is 0 Å². The molecule has 0 saturated carbocycles. The van der Waals surface area contributed by atoms with Gasteiger partial charge < -0.3 is 10.2 Å². The lowest BCUT2D eigenvalue weighted by molar-refractivity contribution is 0.0952. The number of aryl methyl sites for hydroxylation is 1. The lowest BCUT2D eigenvalue weighted by Crippen LogP contribution is -2.17. The van der Waals surface area contributed by atoms with E-state index in [1.165, 1.54) is 30.5 Å². The normalized spacial score (nSPS) is 10.9. The first-order valence-corrected chi connectivity index (χ1v) is 7.36. The van der Waals surface area contributed by atoms with Gasteiger partial charge in [0.25, 0.3) is 5.91 Å². The van der Waals surface area contributed by atoms with E-state index in [1.54, 1.807) is 13.0 Å². The molecule has 0 aliphatic rings. The highest BCUT2D eigenvalue weighted by Gasteiger charge is 2.10. The molecule has 0 radical (unpaired) electrons. The number of phenolic OH excluding ortho intramolecular Hbond substituents is 2. The summed E-state index contributed by atoms with van der Waals surface area (Å²) in [5.74, 6) is -0.726. The third-order valence-corrected chi connectivity index (χ3v) is 3.65. The summed E-state index contributed by atoms with van der Waals surface area (Å²) in [6.45, 7) is 1.80. The first kappa shape index (κ1) is 16.3. The summed E-state index contributed by atoms with van der Waals surface area (Å²) in [6.07, 6.45) is 1.26. The van der Waals surface area contributed by atoms with Gasteiger partial charge >= 0.3 is 0 Å². The second kappa shape index (κ2) is 6.81. The van der Waals surface area contributed by atoms with Gasteiger partial charge in [-0.3, -0.25) is 4.79 Å². The van der Waals surface area contributed by atoms with Gasteiger partial charge in [-0.2, -0.15) is 5.10 Å². The highest BCUT2D eigenvalue weighted by molar-refractivity contribution is 9.10. The predicted molar refractivity (Wildman–Crippen MR) is 88.7 cm³/mol. The molecule has 0 fully saturated rings. The number of aromatic hydroxyl groups is 2. The molecule has 5 nitrogen and oxygen atoms in total. The molecule has 0 unspecified atom stereocenters. The second-order valence-corrected chi connectivity index (χ2v) is 5.84. The van der Waals surface area contributed by atoms with E-state index < -0.39 is 5.91 Å². The Morgan fingerprint density at radius 1 is 1.32 bits per heavy atom. The van der Waals surface area contributed by atoms with Gasteiger partial charge in [-0.25, -0.2) is 5.43 Å². The number of hydrazone groups is 1. The standard InChI is InChI=1S/C15H12BrClN2O3/c1-8-2-3-11(13(20)4-8)15(22)19-18-7-9-5-10(17)6-12(16)14(9)21/h2-7,20-21H,1H3,(H,19,22). The molecule has 1 amide bonds. The minimum atomic E-state index is -0.561. The third kappa shape index (κ3) is 3.78. The van der Waals surface area contributed by atoms with Crippen molar-refractivity contribution in [3.8, 4) is 11.5 Å². The van der Waals surface area contributed by atoms with E-state index >= 15 is 0 Å². The van der Waals surface area contributed by atoms with Crippen LogP contribution in [0.25, 0.3) is 0 Å². The first-order valence-electron chi connectivity index (χ1n) is 6.19. The van der Waals surface area contributed by atoms with Crippen molar-refractivity contribution in [2.75, 3.05) is 0 Å². The average Bonchev–Trinajstić information content (AvgIpc) is 2.43. The number of rotatable bonds is 3. The molecule has 0 bridgehead atoms. The van der Waals surface area contributed by atoms with E-state index in [1.807, 2.05) is 0 Å². The number of benzene rings is 2. The van der Waals surface area contributed by atoms with Crippen LogP contribution < -0.4 is 5.43 Å². The zero-order valence-corrected chi connectivity index (χ0v) is 13.8. The quantitative estimate of drug-likeness (QED) is 0.559. The molecule has 2 aromatic rings. The molecule has 0 heterocycles. The number of hydrogen-bond donors (Lipinski definition) is 3. The van der Waals surface area contributed by atoms with E-state index in [9.17, 15) is 15.0 Å². The minimum absolute atomic E-state index is 0.0411. The SMILES string of the molecule is Cc1ccc(C(=O)NN=Cc2cc(Cl)cc(Br)c2O)c(O)c1. The fourth-order valence-corrected chi connectivity index (χ4v) is 2.57. The van der Waals surface area contributed by atoms with Gasteiger partial charge in [-0.1, -0.05) is 17.7 Å². The molecular weight excluding hydrogens is 372 g/mol. The molecule has 0 spiro atoms. The van der Waals surface area contributed by atoms with Gasteiger partial charge in [-0.15, -0.1) is 0 Å². The smallest absolute Gasteiger partial charge is 0.275 e. The number of phenols is 2. The Kier molecular flexibility index (Phi) is 5.05. The zero-order valence-electron chi connectivity index (χ0n) is 11.5. The molecule has 114 valence electrons. The third-order valence-electron chi connectivity index (χ3n) is 2.83. The highest BCUT2D eigenvalue weighted by atomic mass is 79.9. The van der Waals surface area contributed by atoms with Gasteiger partial charge in [0.2, 0.25) is 0 Å². The van der Waals surface area contributed by atoms with Crippen LogP contribution in [-0.2, 0) is 0 Å². The maximum absolute atomic E-state index is 11.9. The average molecular weight is 384 g/mol. The van der Waals surface area contributed by atoms with E-state index in [0.717, 1.165) is 5.56 Å². The number of amides is 1. The van der Waals surface area contributed by atoms with Crippen LogP contribution in [0.5, 0.6) is 11.5 Å². The lowest BCUT2D eigenvalue weighted by atomic mass is 10.1. The summed E-state index contributed by atoms with van der Waals surface area (Å²) in [5.41, 5.74) is 3.56. The molecular formula is C15H12BrClN2O3. The summed E-state index contributed by atoms with van der Waals surface area (Å²) < 4.78 is 0.420. The first-order chi connectivity index (χ1) is 10.4. The topological polar surface area (TPSA) is 81.9 Å². The van der Waals surface area contributed by atoms with Crippen molar-refractivity contribution in [1.29, 1.82) is 0 Å². The summed E-state index contributed by atoms with van der Waals surface area (Å²) in [7, 11) is 0. The fraction of sp³-hybridized carbons (Fsp3) is 0.0667. The zero-order chi connectivity index (χ0) is 16.3. The highest BCUT2D eigenvalue weighted by Crippen LogP contribution is 2.30. The number of halogens is 2. The van der Waals surface area contributed by atoms with Crippen molar-refractivity contribution in [2.24, 2.45) is 5.10 Å². The van der Waals surface area contributed by atoms with Gasteiger partial charge in [0.05, 0.1) is 16.3 Å². The molecule has 2 aromatic carbocycles. The minimum Gasteiger partial charge on any atom is -0.507 e. The Labute approximate surface area is 140 Å². The van der Waals surface area contributed by atoms with Crippen LogP contribution in [0.4, 0.5) is 0 Å². The fourth-order valence-electron chi connectivity index (χ4n) is 1.74. The molecule has 0 atom stereocenters. The van der Waals surface area contributed by atoms with Crippen LogP contribution in [0, 0.1) is 6.92 Å². The largest absolute Gasteiger partial charge is 0.507 e. The Bertz CT molecular complexity index is 763. The number of nitrogens with one attached hydrogen (secondary N) is 1. The van der Waals surface area contributed by atoms with E-state index in [2.05, 4.69) is 26.5 Å². The molecule has 0 aliphatic heterocycles. The maximum Gasteiger partial charge on any atom is 0.275 e. The Morgan fingerprint density at radius 2 is 2.05 bits per heavy atom. The van der Waals surface area contributed by atoms with Gasteiger partial charge in [0, 0.05) is 10.6 Å². The van der Waals surface area contributed by atoms with Crippen molar-refractivity contribution < 1.29 is 15.0 Å². The van der Waals surface area contributed by atoms with Crippen LogP contribution in [0.15, 0.2) is 39.9 Å². The monoisotopic (exact) mass is 382 g/mol. The van der Waals surface area contributed by atoms with E-state index in [4.69, 9.17) is 11.6 Å². The Hall–Kier alpha value is -2.05. The van der Waals surface area contributed by atoms with Crippen molar-refractivity contribution in [2.45, 2.75) is 6.92 Å². The number of nitrogens with zero attached hydrogens (tertiary/aromatic N) is 1. The van der Waals surface area contributed by atoms with E-state index in [0.29, 0.717) is 15.1 Å². The summed E-state index contributed by atoms with van der Waals surface area (Å²) in [4.78, 5) is 11.9. The van der Waals surface area contributed by atoms with Crippen molar-refractivity contribution in [3.05, 3.63) is 56.5 Å². The number of carbonyl (C=O) groups excluding carboxylic acids is 1. The summed E-state index contributed by atoms with van der Waals surface area (Å²) in [6, 6.07) is 7.73. The van der Waals surface area contributed by atoms with Crippen LogP contribution in [-0.4, -0.2) is 22.3 Å². The van der Waals surface area contributed by atoms with Crippen LogP contribution in [0.3, 0.4) is 0 Å². The lowest BCUT2D eigenvalue weighted by Gasteiger charge is -2.05. The predicted octanol–water partition coefficient (Wildman–Crippen LogP) is 3.59. The van der Waals surface area contributed by atoms with Crippen LogP contribution in [0.2, 0.25) is 5.02 Å². The number of hydrogen-bond acceptors (Lipinski definition) is 4. The van der Waals surface area contributed by atoms with Gasteiger partial charge in [0.1, 0.15) is 11.5 Å². The molecule has 7 heteroatoms. The van der Waals surface area contributed by atoms with Crippen LogP contribution in [0.1, 0.15) is 21.5 Å². The van der Waals surface area contributed by atoms with E-state index in [-0.39, 0.29) is 17.1 Å². The second-order valence-electron chi connectivity index (χ2n) is 4.55.